The van der Waals surface area contributed by atoms with Crippen LogP contribution in [-0.4, -0.2) is 12.9 Å². The highest BCUT2D eigenvalue weighted by atomic mass is 35.5. The molecule has 3 rings (SSSR count). The van der Waals surface area contributed by atoms with E-state index < -0.39 is 0 Å². The van der Waals surface area contributed by atoms with E-state index in [2.05, 4.69) is 0 Å². The molecule has 0 saturated carbocycles. The number of methoxy groups -OCH3 is 1. The van der Waals surface area contributed by atoms with Crippen LogP contribution >= 0.6 is 22.9 Å². The van der Waals surface area contributed by atoms with Gasteiger partial charge in [-0.1, -0.05) is 35.9 Å². The summed E-state index contributed by atoms with van der Waals surface area (Å²) in [5, 5.41) is 4.12. The predicted octanol–water partition coefficient (Wildman–Crippen LogP) is 4.79. The molecule has 0 unspecified atom stereocenters. The Kier molecular flexibility index (Phi) is 3.47. The van der Waals surface area contributed by atoms with E-state index in [0.29, 0.717) is 15.5 Å². The lowest BCUT2D eigenvalue weighted by Gasteiger charge is -2.09. The summed E-state index contributed by atoms with van der Waals surface area (Å²) in [6.45, 7) is 0. The minimum atomic E-state index is -0.0520. The van der Waals surface area contributed by atoms with Crippen LogP contribution in [0.25, 0.3) is 10.8 Å². The van der Waals surface area contributed by atoms with Crippen molar-refractivity contribution in [2.75, 3.05) is 7.11 Å². The van der Waals surface area contributed by atoms with Gasteiger partial charge in [0.1, 0.15) is 5.75 Å². The van der Waals surface area contributed by atoms with Crippen LogP contribution in [0.3, 0.4) is 0 Å². The minimum Gasteiger partial charge on any atom is -0.496 e. The lowest BCUT2D eigenvalue weighted by Crippen LogP contribution is -2.01. The van der Waals surface area contributed by atoms with Gasteiger partial charge in [0.05, 0.1) is 17.0 Å². The fraction of sp³-hybridized carbons (Fsp3) is 0.0625. The molecule has 0 N–H and O–H groups in total. The van der Waals surface area contributed by atoms with Gasteiger partial charge in [-0.3, -0.25) is 4.79 Å². The number of carbonyl (C=O) groups is 1. The lowest BCUT2D eigenvalue weighted by molar-refractivity contribution is 0.104. The number of benzene rings is 2. The van der Waals surface area contributed by atoms with Crippen LogP contribution in [0.4, 0.5) is 0 Å². The van der Waals surface area contributed by atoms with Crippen molar-refractivity contribution in [1.29, 1.82) is 0 Å². The van der Waals surface area contributed by atoms with Crippen LogP contribution in [0, 0.1) is 0 Å². The van der Waals surface area contributed by atoms with Gasteiger partial charge in [-0.15, -0.1) is 11.3 Å². The normalized spacial score (nSPS) is 10.7. The first-order valence-electron chi connectivity index (χ1n) is 6.06. The van der Waals surface area contributed by atoms with Gasteiger partial charge in [-0.2, -0.15) is 0 Å². The third-order valence-corrected chi connectivity index (χ3v) is 4.51. The average molecular weight is 303 g/mol. The van der Waals surface area contributed by atoms with Gasteiger partial charge in [0.15, 0.2) is 0 Å². The third-order valence-electron chi connectivity index (χ3n) is 3.17. The van der Waals surface area contributed by atoms with E-state index in [9.17, 15) is 4.79 Å². The Morgan fingerprint density at radius 1 is 1.10 bits per heavy atom. The van der Waals surface area contributed by atoms with Crippen LogP contribution < -0.4 is 4.74 Å². The highest BCUT2D eigenvalue weighted by molar-refractivity contribution is 7.13. The van der Waals surface area contributed by atoms with Gasteiger partial charge < -0.3 is 4.74 Å². The van der Waals surface area contributed by atoms with Gasteiger partial charge in [0.2, 0.25) is 5.78 Å². The van der Waals surface area contributed by atoms with Gasteiger partial charge in [-0.25, -0.2) is 0 Å². The van der Waals surface area contributed by atoms with Crippen molar-refractivity contribution in [3.8, 4) is 5.75 Å². The largest absolute Gasteiger partial charge is 0.496 e. The zero-order chi connectivity index (χ0) is 14.1. The smallest absolute Gasteiger partial charge is 0.205 e. The fourth-order valence-corrected chi connectivity index (χ4v) is 3.32. The first-order valence-corrected chi connectivity index (χ1v) is 7.31. The monoisotopic (exact) mass is 302 g/mol. The summed E-state index contributed by atoms with van der Waals surface area (Å²) in [6.07, 6.45) is 0. The summed E-state index contributed by atoms with van der Waals surface area (Å²) in [5.74, 6) is 0.707. The Balaban J connectivity index is 2.23. The Morgan fingerprint density at radius 3 is 2.50 bits per heavy atom. The molecule has 20 heavy (non-hydrogen) atoms. The van der Waals surface area contributed by atoms with Crippen molar-refractivity contribution in [2.45, 2.75) is 0 Å². The molecule has 1 heterocycles. The molecule has 2 aromatic carbocycles. The third kappa shape index (κ3) is 2.09. The van der Waals surface area contributed by atoms with Crippen molar-refractivity contribution in [1.82, 2.24) is 0 Å². The van der Waals surface area contributed by atoms with Crippen LogP contribution in [0.2, 0.25) is 5.02 Å². The van der Waals surface area contributed by atoms with Crippen LogP contribution in [-0.2, 0) is 0 Å². The molecular formula is C16H11ClO2S. The van der Waals surface area contributed by atoms with E-state index >= 15 is 0 Å². The molecular weight excluding hydrogens is 292 g/mol. The fourth-order valence-electron chi connectivity index (χ4n) is 2.23. The Hall–Kier alpha value is -1.84. The molecule has 4 heteroatoms. The maximum atomic E-state index is 12.6. The molecule has 0 atom stereocenters. The molecule has 100 valence electrons. The first kappa shape index (κ1) is 13.2. The molecule has 1 aromatic heterocycles. The van der Waals surface area contributed by atoms with Crippen LogP contribution in [0.15, 0.2) is 47.8 Å². The van der Waals surface area contributed by atoms with Gasteiger partial charge in [0.25, 0.3) is 0 Å². The second kappa shape index (κ2) is 5.27. The number of carbonyl (C=O) groups excluding carboxylic acids is 1. The number of fused-ring (bicyclic) bond motifs is 1. The van der Waals surface area contributed by atoms with Crippen molar-refractivity contribution >= 4 is 39.5 Å². The van der Waals surface area contributed by atoms with Crippen molar-refractivity contribution in [3.05, 3.63) is 63.3 Å². The number of thiophene rings is 1. The Morgan fingerprint density at radius 2 is 1.85 bits per heavy atom. The second-order valence-corrected chi connectivity index (χ2v) is 5.61. The lowest BCUT2D eigenvalue weighted by atomic mass is 10.00. The highest BCUT2D eigenvalue weighted by Gasteiger charge is 2.17. The molecule has 0 aliphatic rings. The molecule has 0 saturated heterocycles. The van der Waals surface area contributed by atoms with Crippen LogP contribution in [0.1, 0.15) is 15.2 Å². The summed E-state index contributed by atoms with van der Waals surface area (Å²) < 4.78 is 5.34. The molecule has 0 amide bonds. The SMILES string of the molecule is COc1ccc(C(=O)c2sccc2Cl)c2ccccc12. The molecule has 2 nitrogen and oxygen atoms in total. The van der Waals surface area contributed by atoms with E-state index in [1.165, 1.54) is 11.3 Å². The Bertz CT molecular complexity index is 792. The first-order chi connectivity index (χ1) is 9.72. The Labute approximate surface area is 125 Å². The van der Waals surface area contributed by atoms with Gasteiger partial charge >= 0.3 is 0 Å². The average Bonchev–Trinajstić information content (AvgIpc) is 2.91. The predicted molar refractivity (Wildman–Crippen MR) is 83.3 cm³/mol. The van der Waals surface area contributed by atoms with Gasteiger partial charge in [-0.05, 0) is 29.0 Å². The van der Waals surface area contributed by atoms with Crippen molar-refractivity contribution in [3.63, 3.8) is 0 Å². The van der Waals surface area contributed by atoms with E-state index in [4.69, 9.17) is 16.3 Å². The molecule has 0 bridgehead atoms. The zero-order valence-electron chi connectivity index (χ0n) is 10.7. The molecule has 0 aliphatic heterocycles. The topological polar surface area (TPSA) is 26.3 Å². The number of hydrogen-bond acceptors (Lipinski definition) is 3. The molecule has 3 aromatic rings. The number of ketones is 1. The van der Waals surface area contributed by atoms with Crippen LogP contribution in [0.5, 0.6) is 5.75 Å². The standard InChI is InChI=1S/C16H11ClO2S/c1-19-14-7-6-12(10-4-2-3-5-11(10)14)15(18)16-13(17)8-9-20-16/h2-9H,1H3. The van der Waals surface area contributed by atoms with Gasteiger partial charge in [0, 0.05) is 10.9 Å². The second-order valence-electron chi connectivity index (χ2n) is 4.29. The number of ether oxygens (including phenoxy) is 1. The maximum Gasteiger partial charge on any atom is 0.205 e. The molecule has 0 fully saturated rings. The van der Waals surface area contributed by atoms with E-state index in [1.807, 2.05) is 35.7 Å². The molecule has 0 spiro atoms. The number of rotatable bonds is 3. The van der Waals surface area contributed by atoms with E-state index in [0.717, 1.165) is 16.5 Å². The summed E-state index contributed by atoms with van der Waals surface area (Å²) in [5.41, 5.74) is 0.644. The van der Waals surface area contributed by atoms with E-state index in [1.54, 1.807) is 19.2 Å². The minimum absolute atomic E-state index is 0.0520. The van der Waals surface area contributed by atoms with E-state index in [-0.39, 0.29) is 5.78 Å². The molecule has 0 radical (unpaired) electrons. The maximum absolute atomic E-state index is 12.6. The summed E-state index contributed by atoms with van der Waals surface area (Å²) in [6, 6.07) is 13.1. The summed E-state index contributed by atoms with van der Waals surface area (Å²) >= 11 is 7.42. The quantitative estimate of drug-likeness (QED) is 0.650. The summed E-state index contributed by atoms with van der Waals surface area (Å²) in [4.78, 5) is 13.2. The zero-order valence-corrected chi connectivity index (χ0v) is 12.3. The number of halogens is 1. The van der Waals surface area contributed by atoms with Crippen molar-refractivity contribution in [2.24, 2.45) is 0 Å². The highest BCUT2D eigenvalue weighted by Crippen LogP contribution is 2.32. The number of hydrogen-bond donors (Lipinski definition) is 0. The summed E-state index contributed by atoms with van der Waals surface area (Å²) in [7, 11) is 1.62. The van der Waals surface area contributed by atoms with Crippen molar-refractivity contribution < 1.29 is 9.53 Å². The molecule has 0 aliphatic carbocycles.